The zero-order valence-corrected chi connectivity index (χ0v) is 18.6. The lowest BCUT2D eigenvalue weighted by Crippen LogP contribution is -2.47. The van der Waals surface area contributed by atoms with Crippen molar-refractivity contribution in [3.8, 4) is 5.69 Å². The van der Waals surface area contributed by atoms with Crippen molar-refractivity contribution in [3.05, 3.63) is 46.7 Å². The summed E-state index contributed by atoms with van der Waals surface area (Å²) in [5.74, 6) is -0.393. The van der Waals surface area contributed by atoms with E-state index in [0.29, 0.717) is 17.2 Å². The molecule has 6 nitrogen and oxygen atoms in total. The van der Waals surface area contributed by atoms with Gasteiger partial charge in [0.1, 0.15) is 10.4 Å². The molecule has 1 aromatic heterocycles. The van der Waals surface area contributed by atoms with Crippen LogP contribution >= 0.6 is 11.6 Å². The van der Waals surface area contributed by atoms with Crippen molar-refractivity contribution < 1.29 is 13.2 Å². The molecule has 1 heterocycles. The molecule has 1 N–H and O–H groups in total. The lowest BCUT2D eigenvalue weighted by Gasteiger charge is -2.30. The van der Waals surface area contributed by atoms with Gasteiger partial charge >= 0.3 is 0 Å². The summed E-state index contributed by atoms with van der Waals surface area (Å²) in [6, 6.07) is 9.33. The number of rotatable bonds is 6. The van der Waals surface area contributed by atoms with Crippen molar-refractivity contribution in [2.45, 2.75) is 63.5 Å². The number of nitrogens with one attached hydrogen (secondary N) is 1. The van der Waals surface area contributed by atoms with Crippen LogP contribution in [-0.2, 0) is 20.4 Å². The summed E-state index contributed by atoms with van der Waals surface area (Å²) < 4.78 is 27.4. The predicted octanol–water partition coefficient (Wildman–Crippen LogP) is 3.83. The number of halogens is 1. The minimum Gasteiger partial charge on any atom is -0.352 e. The van der Waals surface area contributed by atoms with Gasteiger partial charge in [-0.3, -0.25) is 4.79 Å². The zero-order valence-electron chi connectivity index (χ0n) is 17.1. The predicted molar refractivity (Wildman–Crippen MR) is 115 cm³/mol. The van der Waals surface area contributed by atoms with E-state index in [1.165, 1.54) is 11.6 Å². The zero-order chi connectivity index (χ0) is 21.2. The van der Waals surface area contributed by atoms with E-state index >= 15 is 0 Å². The highest BCUT2D eigenvalue weighted by Gasteiger charge is 2.33. The van der Waals surface area contributed by atoms with Gasteiger partial charge in [0.15, 0.2) is 9.84 Å². The summed E-state index contributed by atoms with van der Waals surface area (Å²) in [7, 11) is -3.74. The van der Waals surface area contributed by atoms with Crippen LogP contribution in [0.15, 0.2) is 30.3 Å². The Balaban J connectivity index is 1.76. The number of nitrogens with zero attached hydrogens (tertiary/aromatic N) is 2. The Morgan fingerprint density at radius 1 is 1.28 bits per heavy atom. The molecule has 1 amide bonds. The van der Waals surface area contributed by atoms with Crippen LogP contribution in [0.2, 0.25) is 5.15 Å². The summed E-state index contributed by atoms with van der Waals surface area (Å²) >= 11 is 6.46. The van der Waals surface area contributed by atoms with Gasteiger partial charge in [-0.05, 0) is 44.7 Å². The van der Waals surface area contributed by atoms with Gasteiger partial charge in [0.25, 0.3) is 0 Å². The van der Waals surface area contributed by atoms with E-state index in [0.717, 1.165) is 31.4 Å². The maximum Gasteiger partial charge on any atom is 0.238 e. The minimum absolute atomic E-state index is 0.0417. The Hall–Kier alpha value is -1.86. The molecule has 0 bridgehead atoms. The lowest BCUT2D eigenvalue weighted by molar-refractivity contribution is -0.121. The van der Waals surface area contributed by atoms with Crippen LogP contribution in [0.4, 0.5) is 0 Å². The number of carbonyl (C=O) groups excluding carboxylic acids is 1. The molecule has 1 fully saturated rings. The van der Waals surface area contributed by atoms with Crippen molar-refractivity contribution >= 4 is 27.3 Å². The summed E-state index contributed by atoms with van der Waals surface area (Å²) in [6.45, 7) is 5.28. The molecule has 1 aliphatic carbocycles. The molecule has 0 radical (unpaired) electrons. The number of amides is 1. The van der Waals surface area contributed by atoms with Gasteiger partial charge in [0.2, 0.25) is 5.91 Å². The normalized spacial score (nSPS) is 21.0. The number of hydrogen-bond donors (Lipinski definition) is 1. The van der Waals surface area contributed by atoms with Gasteiger partial charge in [-0.1, -0.05) is 49.6 Å². The van der Waals surface area contributed by atoms with E-state index in [-0.39, 0.29) is 16.9 Å². The van der Waals surface area contributed by atoms with Crippen LogP contribution < -0.4 is 5.32 Å². The third kappa shape index (κ3) is 4.83. The van der Waals surface area contributed by atoms with Gasteiger partial charge in [-0.15, -0.1) is 0 Å². The Labute approximate surface area is 177 Å². The fourth-order valence-corrected chi connectivity index (χ4v) is 5.57. The van der Waals surface area contributed by atoms with Crippen molar-refractivity contribution in [2.75, 3.05) is 0 Å². The Morgan fingerprint density at radius 3 is 2.59 bits per heavy atom. The molecule has 3 atom stereocenters. The number of sulfone groups is 1. The fraction of sp³-hybridized carbons (Fsp3) is 0.524. The first kappa shape index (κ1) is 21.8. The summed E-state index contributed by atoms with van der Waals surface area (Å²) in [5.41, 5.74) is 1.72. The molecule has 8 heteroatoms. The van der Waals surface area contributed by atoms with Crippen molar-refractivity contribution in [1.82, 2.24) is 15.1 Å². The maximum absolute atomic E-state index is 13.0. The van der Waals surface area contributed by atoms with Crippen molar-refractivity contribution in [1.29, 1.82) is 0 Å². The van der Waals surface area contributed by atoms with E-state index in [9.17, 15) is 13.2 Å². The molecule has 3 rings (SSSR count). The highest BCUT2D eigenvalue weighted by Crippen LogP contribution is 2.27. The Bertz CT molecular complexity index is 973. The third-order valence-electron chi connectivity index (χ3n) is 5.82. The average molecular weight is 438 g/mol. The molecule has 29 heavy (non-hydrogen) atoms. The average Bonchev–Trinajstić information content (AvgIpc) is 2.97. The molecule has 0 saturated heterocycles. The SMILES string of the molecule is Cc1nn(-c2ccccc2)c(Cl)c1CS(=O)(=O)[C@H](C)C(=O)N[C@H]1CCCC[C@H]1C. The number of benzene rings is 1. The number of hydrogen-bond acceptors (Lipinski definition) is 4. The molecule has 1 aromatic carbocycles. The summed E-state index contributed by atoms with van der Waals surface area (Å²) in [5, 5.41) is 6.45. The molecule has 0 aliphatic heterocycles. The van der Waals surface area contributed by atoms with Gasteiger partial charge in [-0.25, -0.2) is 13.1 Å². The van der Waals surface area contributed by atoms with Crippen LogP contribution in [0.1, 0.15) is 50.8 Å². The number of aryl methyl sites for hydroxylation is 1. The Morgan fingerprint density at radius 2 is 1.93 bits per heavy atom. The molecule has 0 unspecified atom stereocenters. The summed E-state index contributed by atoms with van der Waals surface area (Å²) in [4.78, 5) is 12.6. The topological polar surface area (TPSA) is 81.1 Å². The quantitative estimate of drug-likeness (QED) is 0.744. The van der Waals surface area contributed by atoms with E-state index < -0.39 is 21.0 Å². The van der Waals surface area contributed by atoms with E-state index in [4.69, 9.17) is 11.6 Å². The fourth-order valence-electron chi connectivity index (χ4n) is 3.76. The first-order valence-corrected chi connectivity index (χ1v) is 12.1. The molecule has 0 spiro atoms. The summed E-state index contributed by atoms with van der Waals surface area (Å²) in [6.07, 6.45) is 4.17. The molecule has 1 saturated carbocycles. The van der Waals surface area contributed by atoms with Crippen LogP contribution in [0, 0.1) is 12.8 Å². The molecule has 1 aliphatic rings. The molecular weight excluding hydrogens is 410 g/mol. The first-order valence-electron chi connectivity index (χ1n) is 10.0. The van der Waals surface area contributed by atoms with Crippen molar-refractivity contribution in [2.24, 2.45) is 5.92 Å². The monoisotopic (exact) mass is 437 g/mol. The Kier molecular flexibility index (Phi) is 6.69. The van der Waals surface area contributed by atoms with Crippen LogP contribution in [0.5, 0.6) is 0 Å². The van der Waals surface area contributed by atoms with Gasteiger partial charge in [0.05, 0.1) is 17.1 Å². The van der Waals surface area contributed by atoms with Gasteiger partial charge in [0, 0.05) is 11.6 Å². The smallest absolute Gasteiger partial charge is 0.238 e. The van der Waals surface area contributed by atoms with E-state index in [2.05, 4.69) is 17.3 Å². The first-order chi connectivity index (χ1) is 13.7. The van der Waals surface area contributed by atoms with Crippen LogP contribution in [0.3, 0.4) is 0 Å². The lowest BCUT2D eigenvalue weighted by atomic mass is 9.86. The second-order valence-electron chi connectivity index (χ2n) is 7.93. The van der Waals surface area contributed by atoms with Gasteiger partial charge < -0.3 is 5.32 Å². The maximum atomic E-state index is 13.0. The van der Waals surface area contributed by atoms with Crippen molar-refractivity contribution in [3.63, 3.8) is 0 Å². The number of carbonyl (C=O) groups is 1. The molecule has 158 valence electrons. The second-order valence-corrected chi connectivity index (χ2v) is 10.6. The third-order valence-corrected chi connectivity index (χ3v) is 8.19. The standard InChI is InChI=1S/C21H28ClN3O3S/c1-14-9-7-8-12-19(14)23-21(26)16(3)29(27,28)13-18-15(2)24-25(20(18)22)17-10-5-4-6-11-17/h4-6,10-11,14,16,19H,7-9,12-13H2,1-3H3,(H,23,26)/t14-,16-,19+/m1/s1. The van der Waals surface area contributed by atoms with Crippen LogP contribution in [0.25, 0.3) is 5.69 Å². The van der Waals surface area contributed by atoms with Gasteiger partial charge in [-0.2, -0.15) is 5.10 Å². The van der Waals surface area contributed by atoms with E-state index in [1.54, 1.807) is 6.92 Å². The second kappa shape index (κ2) is 8.88. The number of para-hydroxylation sites is 1. The highest BCUT2D eigenvalue weighted by atomic mass is 35.5. The molecule has 2 aromatic rings. The minimum atomic E-state index is -3.74. The molecular formula is C21H28ClN3O3S. The highest BCUT2D eigenvalue weighted by molar-refractivity contribution is 7.92. The number of aromatic nitrogens is 2. The van der Waals surface area contributed by atoms with E-state index in [1.807, 2.05) is 30.3 Å². The largest absolute Gasteiger partial charge is 0.352 e. The van der Waals surface area contributed by atoms with Crippen LogP contribution in [-0.4, -0.2) is 35.4 Å².